The lowest BCUT2D eigenvalue weighted by Gasteiger charge is -2.67. The summed E-state index contributed by atoms with van der Waals surface area (Å²) in [6, 6.07) is 0. The molecule has 6 atom stereocenters. The van der Waals surface area contributed by atoms with Gasteiger partial charge >= 0.3 is 6.09 Å². The highest BCUT2D eigenvalue weighted by molar-refractivity contribution is 6.16. The van der Waals surface area contributed by atoms with Crippen LogP contribution in [0.15, 0.2) is 12.2 Å². The van der Waals surface area contributed by atoms with Crippen LogP contribution in [0.4, 0.5) is 4.79 Å². The van der Waals surface area contributed by atoms with Crippen molar-refractivity contribution in [3.05, 3.63) is 12.2 Å². The Morgan fingerprint density at radius 2 is 1.94 bits per heavy atom. The fraction of sp³-hybridized carbons (Fsp3) is 0.808. The van der Waals surface area contributed by atoms with Crippen molar-refractivity contribution < 1.29 is 23.9 Å². The van der Waals surface area contributed by atoms with Crippen LogP contribution in [-0.2, 0) is 19.1 Å². The third kappa shape index (κ3) is 2.90. The summed E-state index contributed by atoms with van der Waals surface area (Å²) in [6.07, 6.45) is 6.74. The molecule has 176 valence electrons. The molecule has 2 bridgehead atoms. The maximum Gasteiger partial charge on any atom is 0.409 e. The Hall–Kier alpha value is -1.69. The molecule has 6 nitrogen and oxygen atoms in total. The van der Waals surface area contributed by atoms with Crippen molar-refractivity contribution in [2.75, 3.05) is 32.9 Å². The number of rotatable bonds is 3. The number of fused-ring (bicyclic) bond motifs is 3. The van der Waals surface area contributed by atoms with Gasteiger partial charge in [-0.25, -0.2) is 4.79 Å². The predicted octanol–water partition coefficient (Wildman–Crippen LogP) is 4.17. The first-order chi connectivity index (χ1) is 15.3. The van der Waals surface area contributed by atoms with Crippen molar-refractivity contribution >= 4 is 17.7 Å². The van der Waals surface area contributed by atoms with Crippen LogP contribution in [0.5, 0.6) is 0 Å². The van der Waals surface area contributed by atoms with E-state index in [9.17, 15) is 14.4 Å². The van der Waals surface area contributed by atoms with E-state index >= 15 is 0 Å². The van der Waals surface area contributed by atoms with E-state index in [1.54, 1.807) is 4.90 Å². The molecule has 6 rings (SSSR count). The number of carbonyl (C=O) groups is 3. The number of hydrogen-bond acceptors (Lipinski definition) is 5. The Morgan fingerprint density at radius 1 is 1.19 bits per heavy atom. The quantitative estimate of drug-likeness (QED) is 0.483. The zero-order chi connectivity index (χ0) is 22.7. The summed E-state index contributed by atoms with van der Waals surface area (Å²) in [7, 11) is 0. The third-order valence-corrected chi connectivity index (χ3v) is 10.2. The zero-order valence-electron chi connectivity index (χ0n) is 19.6. The van der Waals surface area contributed by atoms with Gasteiger partial charge in [-0.05, 0) is 67.3 Å². The molecule has 6 aliphatic rings. The van der Waals surface area contributed by atoms with Crippen LogP contribution in [0.3, 0.4) is 0 Å². The van der Waals surface area contributed by atoms with Crippen LogP contribution < -0.4 is 0 Å². The van der Waals surface area contributed by atoms with Crippen LogP contribution in [0, 0.1) is 34.0 Å². The Bertz CT molecular complexity index is 847. The van der Waals surface area contributed by atoms with E-state index in [-0.39, 0.29) is 46.2 Å². The molecule has 5 aliphatic carbocycles. The van der Waals surface area contributed by atoms with Gasteiger partial charge in [0.1, 0.15) is 5.78 Å². The average molecular weight is 444 g/mol. The maximum absolute atomic E-state index is 13.8. The summed E-state index contributed by atoms with van der Waals surface area (Å²) in [6.45, 7) is 11.1. The van der Waals surface area contributed by atoms with Crippen LogP contribution >= 0.6 is 0 Å². The summed E-state index contributed by atoms with van der Waals surface area (Å²) in [5, 5.41) is 0. The molecule has 0 aromatic heterocycles. The zero-order valence-corrected chi connectivity index (χ0v) is 19.6. The van der Waals surface area contributed by atoms with Gasteiger partial charge < -0.3 is 14.4 Å². The van der Waals surface area contributed by atoms with Gasteiger partial charge in [0.05, 0.1) is 25.2 Å². The van der Waals surface area contributed by atoms with E-state index in [2.05, 4.69) is 20.4 Å². The van der Waals surface area contributed by atoms with E-state index in [0.717, 1.165) is 38.5 Å². The molecular weight excluding hydrogens is 406 g/mol. The van der Waals surface area contributed by atoms with Gasteiger partial charge in [-0.1, -0.05) is 26.8 Å². The van der Waals surface area contributed by atoms with Gasteiger partial charge in [0.15, 0.2) is 5.78 Å². The first kappa shape index (κ1) is 22.1. The van der Waals surface area contributed by atoms with E-state index in [1.807, 2.05) is 0 Å². The van der Waals surface area contributed by atoms with Crippen molar-refractivity contribution in [2.24, 2.45) is 34.0 Å². The maximum atomic E-state index is 13.8. The number of nitrogens with zero attached hydrogens (tertiary/aromatic N) is 1. The van der Waals surface area contributed by atoms with Crippen molar-refractivity contribution in [1.29, 1.82) is 0 Å². The Labute approximate surface area is 191 Å². The fourth-order valence-electron chi connectivity index (χ4n) is 8.43. The van der Waals surface area contributed by atoms with E-state index in [0.29, 0.717) is 51.3 Å². The standard InChI is InChI=1S/C26H37NO5/c1-4-25-8-5-7-24(3,16-32-23(30)27-10-12-31-13-11-27)19(25)15-21(28)26-9-6-18(14-20(25)26)17(2)22(26)29/h18-20H,2,4-16H2,1,3H3/t18-,19?,20?,24-,25+,26+/m0/s1. The number of morpholine rings is 1. The Kier molecular flexibility index (Phi) is 5.31. The van der Waals surface area contributed by atoms with Crippen LogP contribution in [0.25, 0.3) is 0 Å². The molecule has 32 heavy (non-hydrogen) atoms. The molecule has 1 saturated heterocycles. The second-order valence-electron chi connectivity index (χ2n) is 11.3. The molecule has 1 spiro atoms. The largest absolute Gasteiger partial charge is 0.449 e. The van der Waals surface area contributed by atoms with Crippen LogP contribution in [0.1, 0.15) is 65.2 Å². The summed E-state index contributed by atoms with van der Waals surface area (Å²) in [4.78, 5) is 41.6. The molecule has 2 unspecified atom stereocenters. The summed E-state index contributed by atoms with van der Waals surface area (Å²) < 4.78 is 11.2. The number of hydrogen-bond donors (Lipinski definition) is 0. The van der Waals surface area contributed by atoms with E-state index in [1.165, 1.54) is 0 Å². The second kappa shape index (κ2) is 7.68. The van der Waals surface area contributed by atoms with Gasteiger partial charge in [0, 0.05) is 24.9 Å². The first-order valence-electron chi connectivity index (χ1n) is 12.5. The summed E-state index contributed by atoms with van der Waals surface area (Å²) in [5.74, 6) is 0.671. The topological polar surface area (TPSA) is 72.9 Å². The molecule has 6 fully saturated rings. The molecular formula is C26H37NO5. The molecule has 5 saturated carbocycles. The number of ether oxygens (including phenoxy) is 2. The molecule has 1 heterocycles. The monoisotopic (exact) mass is 443 g/mol. The highest BCUT2D eigenvalue weighted by Gasteiger charge is 2.71. The molecule has 6 heteroatoms. The van der Waals surface area contributed by atoms with Gasteiger partial charge in [0.25, 0.3) is 0 Å². The first-order valence-corrected chi connectivity index (χ1v) is 12.5. The summed E-state index contributed by atoms with van der Waals surface area (Å²) >= 11 is 0. The smallest absolute Gasteiger partial charge is 0.409 e. The second-order valence-corrected chi connectivity index (χ2v) is 11.3. The number of ketones is 2. The number of carbonyl (C=O) groups excluding carboxylic acids is 3. The number of Topliss-reactive ketones (excluding diaryl/α,β-unsaturated/α-hetero) is 2. The minimum atomic E-state index is -0.832. The van der Waals surface area contributed by atoms with Crippen molar-refractivity contribution in [3.63, 3.8) is 0 Å². The number of allylic oxidation sites excluding steroid dienone is 1. The molecule has 0 aromatic rings. The van der Waals surface area contributed by atoms with Crippen molar-refractivity contribution in [2.45, 2.75) is 65.2 Å². The molecule has 0 aromatic carbocycles. The van der Waals surface area contributed by atoms with E-state index in [4.69, 9.17) is 9.47 Å². The van der Waals surface area contributed by atoms with Gasteiger partial charge in [0.2, 0.25) is 0 Å². The highest BCUT2D eigenvalue weighted by Crippen LogP contribution is 2.71. The Balaban J connectivity index is 1.43. The third-order valence-electron chi connectivity index (χ3n) is 10.2. The normalized spacial score (nSPS) is 43.6. The minimum absolute atomic E-state index is 0.0404. The number of amides is 1. The highest BCUT2D eigenvalue weighted by atomic mass is 16.6. The predicted molar refractivity (Wildman–Crippen MR) is 119 cm³/mol. The fourth-order valence-corrected chi connectivity index (χ4v) is 8.43. The van der Waals surface area contributed by atoms with Gasteiger partial charge in [-0.15, -0.1) is 0 Å². The van der Waals surface area contributed by atoms with Crippen molar-refractivity contribution in [1.82, 2.24) is 4.90 Å². The van der Waals surface area contributed by atoms with E-state index < -0.39 is 5.41 Å². The van der Waals surface area contributed by atoms with Gasteiger partial charge in [-0.3, -0.25) is 9.59 Å². The van der Waals surface area contributed by atoms with Crippen LogP contribution in [-0.4, -0.2) is 55.5 Å². The Morgan fingerprint density at radius 3 is 2.66 bits per heavy atom. The lowest BCUT2D eigenvalue weighted by Crippen LogP contribution is -2.67. The lowest BCUT2D eigenvalue weighted by molar-refractivity contribution is -0.193. The summed E-state index contributed by atoms with van der Waals surface area (Å²) in [5.41, 5.74) is -0.421. The van der Waals surface area contributed by atoms with Crippen molar-refractivity contribution in [3.8, 4) is 0 Å². The molecule has 1 amide bonds. The molecule has 0 N–H and O–H groups in total. The molecule has 1 aliphatic heterocycles. The van der Waals surface area contributed by atoms with Crippen LogP contribution in [0.2, 0.25) is 0 Å². The van der Waals surface area contributed by atoms with Gasteiger partial charge in [-0.2, -0.15) is 0 Å². The minimum Gasteiger partial charge on any atom is -0.449 e. The average Bonchev–Trinajstić information content (AvgIpc) is 2.82. The molecule has 0 radical (unpaired) electrons. The lowest BCUT2D eigenvalue weighted by atomic mass is 9.35. The SMILES string of the molecule is C=C1C(=O)[C@]23CC[C@H]1CC2[C@]1(CC)CCC[C@@](C)(COC(=O)N2CCOCC2)C1CC3=O.